The Morgan fingerprint density at radius 3 is 2.62 bits per heavy atom. The minimum absolute atomic E-state index is 0. The first-order valence-electron chi connectivity index (χ1n) is 8.56. The van der Waals surface area contributed by atoms with Crippen molar-refractivity contribution in [1.82, 2.24) is 10.6 Å². The van der Waals surface area contributed by atoms with Crippen LogP contribution >= 0.6 is 24.0 Å². The van der Waals surface area contributed by atoms with Crippen LogP contribution in [0.4, 0.5) is 0 Å². The zero-order valence-electron chi connectivity index (χ0n) is 14.5. The summed E-state index contributed by atoms with van der Waals surface area (Å²) < 4.78 is 11.0. The van der Waals surface area contributed by atoms with E-state index < -0.39 is 0 Å². The van der Waals surface area contributed by atoms with E-state index in [2.05, 4.69) is 46.0 Å². The maximum atomic E-state index is 5.74. The summed E-state index contributed by atoms with van der Waals surface area (Å²) in [6.07, 6.45) is 4.47. The van der Waals surface area contributed by atoms with Crippen LogP contribution in [0.3, 0.4) is 0 Å². The van der Waals surface area contributed by atoms with Gasteiger partial charge in [0, 0.05) is 33.4 Å². The molecule has 24 heavy (non-hydrogen) atoms. The number of ether oxygens (including phenoxy) is 2. The minimum atomic E-state index is 0. The van der Waals surface area contributed by atoms with Crippen molar-refractivity contribution in [3.63, 3.8) is 0 Å². The van der Waals surface area contributed by atoms with Crippen LogP contribution in [0.5, 0.6) is 0 Å². The molecule has 1 fully saturated rings. The highest BCUT2D eigenvalue weighted by Gasteiger charge is 2.15. The Kier molecular flexibility index (Phi) is 11.9. The van der Waals surface area contributed by atoms with Crippen LogP contribution in [0.15, 0.2) is 35.3 Å². The molecule has 0 radical (unpaired) electrons. The monoisotopic (exact) mass is 447 g/mol. The number of aryl methyl sites for hydroxylation is 1. The van der Waals surface area contributed by atoms with E-state index in [0.717, 1.165) is 64.6 Å². The third kappa shape index (κ3) is 8.84. The van der Waals surface area contributed by atoms with E-state index in [1.54, 1.807) is 7.05 Å². The van der Waals surface area contributed by atoms with E-state index in [-0.39, 0.29) is 24.0 Å². The minimum Gasteiger partial charge on any atom is -0.379 e. The Bertz CT molecular complexity index is 451. The average molecular weight is 447 g/mol. The Hall–Kier alpha value is -0.860. The van der Waals surface area contributed by atoms with Crippen LogP contribution < -0.4 is 10.6 Å². The summed E-state index contributed by atoms with van der Waals surface area (Å²) in [6.45, 7) is 4.14. The van der Waals surface area contributed by atoms with Gasteiger partial charge in [-0.1, -0.05) is 30.3 Å². The van der Waals surface area contributed by atoms with Gasteiger partial charge < -0.3 is 20.1 Å². The largest absolute Gasteiger partial charge is 0.379 e. The van der Waals surface area contributed by atoms with Crippen molar-refractivity contribution in [2.45, 2.75) is 31.8 Å². The molecule has 0 spiro atoms. The van der Waals surface area contributed by atoms with Crippen LogP contribution in [0.25, 0.3) is 0 Å². The molecular formula is C18H30IN3O2. The van der Waals surface area contributed by atoms with E-state index in [1.165, 1.54) is 5.56 Å². The van der Waals surface area contributed by atoms with Crippen molar-refractivity contribution < 1.29 is 9.47 Å². The molecule has 1 atom stereocenters. The average Bonchev–Trinajstić information content (AvgIpc) is 3.11. The second kappa shape index (κ2) is 13.4. The van der Waals surface area contributed by atoms with Gasteiger partial charge in [0.25, 0.3) is 0 Å². The number of halogens is 1. The second-order valence-electron chi connectivity index (χ2n) is 5.72. The molecule has 0 aromatic heterocycles. The fourth-order valence-electron chi connectivity index (χ4n) is 2.54. The predicted octanol–water partition coefficient (Wildman–Crippen LogP) is 2.60. The first-order valence-corrected chi connectivity index (χ1v) is 8.56. The first-order chi connectivity index (χ1) is 11.4. The molecule has 136 valence electrons. The zero-order valence-corrected chi connectivity index (χ0v) is 16.8. The van der Waals surface area contributed by atoms with Gasteiger partial charge in [-0.05, 0) is 31.2 Å². The number of hydrogen-bond donors (Lipinski definition) is 2. The van der Waals surface area contributed by atoms with Gasteiger partial charge >= 0.3 is 0 Å². The number of aliphatic imine (C=N–C) groups is 1. The maximum Gasteiger partial charge on any atom is 0.190 e. The van der Waals surface area contributed by atoms with Crippen LogP contribution in [0.2, 0.25) is 0 Å². The van der Waals surface area contributed by atoms with Gasteiger partial charge in [-0.3, -0.25) is 4.99 Å². The van der Waals surface area contributed by atoms with Crippen LogP contribution in [-0.2, 0) is 15.9 Å². The van der Waals surface area contributed by atoms with E-state index >= 15 is 0 Å². The molecule has 1 unspecified atom stereocenters. The summed E-state index contributed by atoms with van der Waals surface area (Å²) in [5.41, 5.74) is 1.38. The highest BCUT2D eigenvalue weighted by molar-refractivity contribution is 14.0. The number of nitrogens with zero attached hydrogens (tertiary/aromatic N) is 1. The summed E-state index contributed by atoms with van der Waals surface area (Å²) in [4.78, 5) is 4.24. The fourth-order valence-corrected chi connectivity index (χ4v) is 2.54. The molecule has 0 bridgehead atoms. The number of rotatable bonds is 9. The van der Waals surface area contributed by atoms with E-state index in [9.17, 15) is 0 Å². The van der Waals surface area contributed by atoms with E-state index in [4.69, 9.17) is 9.47 Å². The molecule has 1 saturated heterocycles. The lowest BCUT2D eigenvalue weighted by Gasteiger charge is -2.13. The topological polar surface area (TPSA) is 54.9 Å². The lowest BCUT2D eigenvalue weighted by molar-refractivity contribution is 0.0420. The lowest BCUT2D eigenvalue weighted by Crippen LogP contribution is -2.38. The molecule has 0 aliphatic carbocycles. The Morgan fingerprint density at radius 2 is 1.96 bits per heavy atom. The third-order valence-electron chi connectivity index (χ3n) is 3.86. The van der Waals surface area contributed by atoms with Crippen molar-refractivity contribution in [1.29, 1.82) is 0 Å². The molecular weight excluding hydrogens is 417 g/mol. The maximum absolute atomic E-state index is 5.74. The van der Waals surface area contributed by atoms with Gasteiger partial charge in [-0.25, -0.2) is 0 Å². The molecule has 6 heteroatoms. The van der Waals surface area contributed by atoms with Crippen molar-refractivity contribution in [3.8, 4) is 0 Å². The molecule has 2 rings (SSSR count). The van der Waals surface area contributed by atoms with Gasteiger partial charge in [0.2, 0.25) is 0 Å². The van der Waals surface area contributed by atoms with E-state index in [1.807, 2.05) is 0 Å². The fraction of sp³-hybridized carbons (Fsp3) is 0.611. The molecule has 1 aliphatic heterocycles. The Balaban J connectivity index is 0.00000288. The first kappa shape index (κ1) is 21.2. The SMILES string of the molecule is CN=C(NCCCOC1CCOC1)NCCCc1ccccc1.I. The second-order valence-corrected chi connectivity index (χ2v) is 5.72. The summed E-state index contributed by atoms with van der Waals surface area (Å²) in [7, 11) is 1.80. The zero-order chi connectivity index (χ0) is 16.2. The van der Waals surface area contributed by atoms with Gasteiger partial charge in [0.15, 0.2) is 5.96 Å². The predicted molar refractivity (Wildman–Crippen MR) is 109 cm³/mol. The van der Waals surface area contributed by atoms with Crippen molar-refractivity contribution in [3.05, 3.63) is 35.9 Å². The number of hydrogen-bond acceptors (Lipinski definition) is 3. The third-order valence-corrected chi connectivity index (χ3v) is 3.86. The standard InChI is InChI=1S/C18H29N3O2.HI/c1-19-18(20-11-5-9-16-7-3-2-4-8-16)21-12-6-13-23-17-10-14-22-15-17;/h2-4,7-8,17H,5-6,9-15H2,1H3,(H2,19,20,21);1H. The smallest absolute Gasteiger partial charge is 0.190 e. The Morgan fingerprint density at radius 1 is 1.21 bits per heavy atom. The number of nitrogens with one attached hydrogen (secondary N) is 2. The van der Waals surface area contributed by atoms with Gasteiger partial charge in [0.1, 0.15) is 0 Å². The number of benzene rings is 1. The molecule has 0 saturated carbocycles. The number of guanidine groups is 1. The summed E-state index contributed by atoms with van der Waals surface area (Å²) in [6, 6.07) is 10.6. The molecule has 2 N–H and O–H groups in total. The summed E-state index contributed by atoms with van der Waals surface area (Å²) in [5, 5.41) is 6.67. The van der Waals surface area contributed by atoms with Crippen LogP contribution in [-0.4, -0.2) is 52.0 Å². The van der Waals surface area contributed by atoms with Gasteiger partial charge in [-0.2, -0.15) is 0 Å². The Labute approximate surface area is 162 Å². The molecule has 0 amide bonds. The van der Waals surface area contributed by atoms with Crippen molar-refractivity contribution >= 4 is 29.9 Å². The van der Waals surface area contributed by atoms with Gasteiger partial charge in [-0.15, -0.1) is 24.0 Å². The lowest BCUT2D eigenvalue weighted by atomic mass is 10.1. The molecule has 1 aliphatic rings. The normalized spacial score (nSPS) is 17.4. The van der Waals surface area contributed by atoms with Crippen LogP contribution in [0.1, 0.15) is 24.8 Å². The molecule has 1 heterocycles. The quantitative estimate of drug-likeness (QED) is 0.265. The molecule has 5 nitrogen and oxygen atoms in total. The van der Waals surface area contributed by atoms with Gasteiger partial charge in [0.05, 0.1) is 12.7 Å². The highest BCUT2D eigenvalue weighted by atomic mass is 127. The summed E-state index contributed by atoms with van der Waals surface area (Å²) in [5.74, 6) is 0.863. The molecule has 1 aromatic carbocycles. The summed E-state index contributed by atoms with van der Waals surface area (Å²) >= 11 is 0. The van der Waals surface area contributed by atoms with Crippen LogP contribution in [0, 0.1) is 0 Å². The molecule has 1 aromatic rings. The van der Waals surface area contributed by atoms with E-state index in [0.29, 0.717) is 6.10 Å². The van der Waals surface area contributed by atoms with Crippen molar-refractivity contribution in [2.75, 3.05) is 40.0 Å². The van der Waals surface area contributed by atoms with Crippen molar-refractivity contribution in [2.24, 2.45) is 4.99 Å². The highest BCUT2D eigenvalue weighted by Crippen LogP contribution is 2.07.